The summed E-state index contributed by atoms with van der Waals surface area (Å²) in [5, 5.41) is 3.41. The molecule has 3 nitrogen and oxygen atoms in total. The van der Waals surface area contributed by atoms with Gasteiger partial charge in [0.2, 0.25) is 0 Å². The van der Waals surface area contributed by atoms with Crippen molar-refractivity contribution in [3.05, 3.63) is 53.6 Å². The topological polar surface area (TPSA) is 30.5 Å². The van der Waals surface area contributed by atoms with Gasteiger partial charge in [-0.15, -0.1) is 0 Å². The van der Waals surface area contributed by atoms with Crippen LogP contribution in [0.25, 0.3) is 0 Å². The van der Waals surface area contributed by atoms with Crippen LogP contribution in [0.3, 0.4) is 0 Å². The first-order valence-corrected chi connectivity index (χ1v) is 7.35. The van der Waals surface area contributed by atoms with Crippen LogP contribution in [0.1, 0.15) is 24.5 Å². The van der Waals surface area contributed by atoms with Gasteiger partial charge < -0.3 is 14.8 Å². The number of rotatable bonds is 7. The van der Waals surface area contributed by atoms with Gasteiger partial charge in [-0.25, -0.2) is 0 Å². The van der Waals surface area contributed by atoms with Gasteiger partial charge in [0.05, 0.1) is 7.11 Å². The number of benzene rings is 2. The zero-order chi connectivity index (χ0) is 15.1. The largest absolute Gasteiger partial charge is 0.493 e. The fraction of sp³-hybridized carbons (Fsp3) is 0.333. The Bertz CT molecular complexity index is 581. The average molecular weight is 285 g/mol. The molecule has 0 aliphatic rings. The van der Waals surface area contributed by atoms with Crippen LogP contribution in [-0.4, -0.2) is 13.7 Å². The molecule has 1 N–H and O–H groups in total. The summed E-state index contributed by atoms with van der Waals surface area (Å²) in [4.78, 5) is 0. The van der Waals surface area contributed by atoms with E-state index in [4.69, 9.17) is 9.47 Å². The van der Waals surface area contributed by atoms with Gasteiger partial charge in [0.1, 0.15) is 5.75 Å². The van der Waals surface area contributed by atoms with Gasteiger partial charge in [-0.05, 0) is 49.2 Å². The van der Waals surface area contributed by atoms with E-state index in [1.165, 1.54) is 5.56 Å². The Hall–Kier alpha value is -2.00. The van der Waals surface area contributed by atoms with Crippen molar-refractivity contribution in [1.29, 1.82) is 0 Å². The highest BCUT2D eigenvalue weighted by Crippen LogP contribution is 2.32. The third-order valence-electron chi connectivity index (χ3n) is 3.28. The van der Waals surface area contributed by atoms with E-state index >= 15 is 0 Å². The highest BCUT2D eigenvalue weighted by atomic mass is 16.5. The SMILES string of the molecule is CCCNCc1ccc(Oc2ccccc2OC)c(C)c1. The third-order valence-corrected chi connectivity index (χ3v) is 3.28. The van der Waals surface area contributed by atoms with Crippen molar-refractivity contribution in [1.82, 2.24) is 5.32 Å². The molecule has 2 aromatic rings. The summed E-state index contributed by atoms with van der Waals surface area (Å²) in [6.07, 6.45) is 1.15. The third kappa shape index (κ3) is 4.23. The van der Waals surface area contributed by atoms with Crippen LogP contribution in [0.2, 0.25) is 0 Å². The highest BCUT2D eigenvalue weighted by Gasteiger charge is 2.07. The predicted octanol–water partition coefficient (Wildman–Crippen LogP) is 4.30. The van der Waals surface area contributed by atoms with Crippen molar-refractivity contribution in [2.75, 3.05) is 13.7 Å². The van der Waals surface area contributed by atoms with E-state index in [-0.39, 0.29) is 0 Å². The van der Waals surface area contributed by atoms with Gasteiger partial charge in [-0.3, -0.25) is 0 Å². The minimum atomic E-state index is 0.736. The maximum atomic E-state index is 5.97. The van der Waals surface area contributed by atoms with Crippen LogP contribution in [0.5, 0.6) is 17.2 Å². The maximum absolute atomic E-state index is 5.97. The Morgan fingerprint density at radius 1 is 1.00 bits per heavy atom. The molecule has 2 aromatic carbocycles. The number of hydrogen-bond donors (Lipinski definition) is 1. The summed E-state index contributed by atoms with van der Waals surface area (Å²) in [6, 6.07) is 14.0. The summed E-state index contributed by atoms with van der Waals surface area (Å²) in [6.45, 7) is 6.17. The Labute approximate surface area is 126 Å². The predicted molar refractivity (Wildman–Crippen MR) is 86.2 cm³/mol. The molecule has 0 aromatic heterocycles. The molecule has 0 saturated heterocycles. The van der Waals surface area contributed by atoms with Crippen molar-refractivity contribution in [2.45, 2.75) is 26.8 Å². The number of methoxy groups -OCH3 is 1. The first-order valence-electron chi connectivity index (χ1n) is 7.35. The van der Waals surface area contributed by atoms with E-state index in [0.29, 0.717) is 0 Å². The second-order valence-electron chi connectivity index (χ2n) is 5.03. The molecule has 0 atom stereocenters. The van der Waals surface area contributed by atoms with Crippen molar-refractivity contribution in [3.63, 3.8) is 0 Å². The fourth-order valence-corrected chi connectivity index (χ4v) is 2.17. The number of aryl methyl sites for hydroxylation is 1. The van der Waals surface area contributed by atoms with Crippen LogP contribution in [0, 0.1) is 6.92 Å². The zero-order valence-corrected chi connectivity index (χ0v) is 13.0. The van der Waals surface area contributed by atoms with Gasteiger partial charge in [0.25, 0.3) is 0 Å². The lowest BCUT2D eigenvalue weighted by Crippen LogP contribution is -2.13. The second-order valence-corrected chi connectivity index (χ2v) is 5.03. The van der Waals surface area contributed by atoms with Crippen molar-refractivity contribution >= 4 is 0 Å². The van der Waals surface area contributed by atoms with Crippen molar-refractivity contribution in [2.24, 2.45) is 0 Å². The van der Waals surface area contributed by atoms with Gasteiger partial charge in [0, 0.05) is 6.54 Å². The van der Waals surface area contributed by atoms with E-state index in [2.05, 4.69) is 31.3 Å². The molecular formula is C18H23NO2. The first-order chi connectivity index (χ1) is 10.2. The van der Waals surface area contributed by atoms with E-state index in [9.17, 15) is 0 Å². The monoisotopic (exact) mass is 285 g/mol. The maximum Gasteiger partial charge on any atom is 0.169 e. The van der Waals surface area contributed by atoms with Crippen LogP contribution in [-0.2, 0) is 6.54 Å². The lowest BCUT2D eigenvalue weighted by Gasteiger charge is -2.13. The van der Waals surface area contributed by atoms with E-state index < -0.39 is 0 Å². The van der Waals surface area contributed by atoms with Crippen LogP contribution < -0.4 is 14.8 Å². The number of para-hydroxylation sites is 2. The second kappa shape index (κ2) is 7.70. The summed E-state index contributed by atoms with van der Waals surface area (Å²) in [5.41, 5.74) is 2.39. The zero-order valence-electron chi connectivity index (χ0n) is 13.0. The molecular weight excluding hydrogens is 262 g/mol. The lowest BCUT2D eigenvalue weighted by atomic mass is 10.1. The van der Waals surface area contributed by atoms with Crippen LogP contribution >= 0.6 is 0 Å². The fourth-order valence-electron chi connectivity index (χ4n) is 2.17. The molecule has 21 heavy (non-hydrogen) atoms. The van der Waals surface area contributed by atoms with Gasteiger partial charge >= 0.3 is 0 Å². The van der Waals surface area contributed by atoms with Crippen molar-refractivity contribution in [3.8, 4) is 17.2 Å². The van der Waals surface area contributed by atoms with Gasteiger partial charge in [-0.1, -0.05) is 31.2 Å². The molecule has 0 bridgehead atoms. The Morgan fingerprint density at radius 2 is 1.76 bits per heavy atom. The van der Waals surface area contributed by atoms with Crippen LogP contribution in [0.15, 0.2) is 42.5 Å². The van der Waals surface area contributed by atoms with Gasteiger partial charge in [-0.2, -0.15) is 0 Å². The normalized spacial score (nSPS) is 10.4. The minimum absolute atomic E-state index is 0.736. The highest BCUT2D eigenvalue weighted by molar-refractivity contribution is 5.45. The van der Waals surface area contributed by atoms with E-state index in [1.54, 1.807) is 7.11 Å². The minimum Gasteiger partial charge on any atom is -0.493 e. The number of ether oxygens (including phenoxy) is 2. The molecule has 0 aliphatic carbocycles. The number of nitrogens with one attached hydrogen (secondary N) is 1. The smallest absolute Gasteiger partial charge is 0.169 e. The van der Waals surface area contributed by atoms with E-state index in [0.717, 1.165) is 42.3 Å². The summed E-state index contributed by atoms with van der Waals surface area (Å²) in [7, 11) is 1.65. The molecule has 0 fully saturated rings. The quantitative estimate of drug-likeness (QED) is 0.770. The first kappa shape index (κ1) is 15.4. The molecule has 2 rings (SSSR count). The van der Waals surface area contributed by atoms with Gasteiger partial charge in [0.15, 0.2) is 11.5 Å². The average Bonchev–Trinajstić information content (AvgIpc) is 2.50. The summed E-state index contributed by atoms with van der Waals surface area (Å²) in [5.74, 6) is 2.34. The standard InChI is InChI=1S/C18H23NO2/c1-4-11-19-13-15-9-10-16(14(2)12-15)21-18-8-6-5-7-17(18)20-3/h5-10,12,19H,4,11,13H2,1-3H3. The molecule has 0 saturated carbocycles. The molecule has 0 amide bonds. The molecule has 112 valence electrons. The Morgan fingerprint density at radius 3 is 2.43 bits per heavy atom. The number of hydrogen-bond acceptors (Lipinski definition) is 3. The lowest BCUT2D eigenvalue weighted by molar-refractivity contribution is 0.378. The summed E-state index contributed by atoms with van der Waals surface area (Å²) < 4.78 is 11.3. The molecule has 0 unspecified atom stereocenters. The molecule has 0 spiro atoms. The van der Waals surface area contributed by atoms with Crippen molar-refractivity contribution < 1.29 is 9.47 Å². The van der Waals surface area contributed by atoms with Crippen LogP contribution in [0.4, 0.5) is 0 Å². The molecule has 0 aliphatic heterocycles. The molecule has 0 heterocycles. The Balaban J connectivity index is 2.10. The Kier molecular flexibility index (Phi) is 5.64. The molecule has 0 radical (unpaired) electrons. The summed E-state index contributed by atoms with van der Waals surface area (Å²) >= 11 is 0. The van der Waals surface area contributed by atoms with E-state index in [1.807, 2.05) is 30.3 Å². The molecule has 3 heteroatoms.